The fraction of sp³-hybridized carbons (Fsp3) is 0.190. The molecule has 25 heavy (non-hydrogen) atoms. The van der Waals surface area contributed by atoms with Crippen molar-refractivity contribution in [2.24, 2.45) is 5.41 Å². The lowest BCUT2D eigenvalue weighted by Gasteiger charge is -2.16. The van der Waals surface area contributed by atoms with E-state index in [9.17, 15) is 4.39 Å². The molecular weight excluding hydrogens is 313 g/mol. The molecular formula is C21H18FN3. The van der Waals surface area contributed by atoms with E-state index in [1.165, 1.54) is 24.7 Å². The highest BCUT2D eigenvalue weighted by molar-refractivity contribution is 5.88. The Morgan fingerprint density at radius 2 is 1.96 bits per heavy atom. The third-order valence-electron chi connectivity index (χ3n) is 5.23. The molecule has 3 nitrogen and oxygen atoms in total. The first-order chi connectivity index (χ1) is 12.2. The third-order valence-corrected chi connectivity index (χ3v) is 5.23. The van der Waals surface area contributed by atoms with E-state index in [1.54, 1.807) is 12.3 Å². The average Bonchev–Trinajstić information content (AvgIpc) is 3.29. The summed E-state index contributed by atoms with van der Waals surface area (Å²) < 4.78 is 14.4. The van der Waals surface area contributed by atoms with Crippen LogP contribution < -0.4 is 5.32 Å². The second-order valence-electron chi connectivity index (χ2n) is 6.99. The van der Waals surface area contributed by atoms with E-state index in [0.717, 1.165) is 29.1 Å². The Hall–Kier alpha value is -2.88. The summed E-state index contributed by atoms with van der Waals surface area (Å²) in [6.45, 7) is 0. The molecule has 1 saturated carbocycles. The number of benzene rings is 1. The van der Waals surface area contributed by atoms with E-state index in [1.807, 2.05) is 30.3 Å². The van der Waals surface area contributed by atoms with Crippen LogP contribution in [0.2, 0.25) is 0 Å². The van der Waals surface area contributed by atoms with Gasteiger partial charge in [-0.2, -0.15) is 0 Å². The Morgan fingerprint density at radius 1 is 1.12 bits per heavy atom. The summed E-state index contributed by atoms with van der Waals surface area (Å²) in [4.78, 5) is 7.37. The second-order valence-corrected chi connectivity index (χ2v) is 6.99. The summed E-state index contributed by atoms with van der Waals surface area (Å²) in [5.74, 6) is -0.317. The van der Waals surface area contributed by atoms with Crippen LogP contribution in [0, 0.1) is 11.2 Å². The molecule has 4 heteroatoms. The summed E-state index contributed by atoms with van der Waals surface area (Å²) >= 11 is 0. The minimum Gasteiger partial charge on any atom is -0.356 e. The van der Waals surface area contributed by atoms with Gasteiger partial charge in [-0.1, -0.05) is 30.4 Å². The van der Waals surface area contributed by atoms with E-state index < -0.39 is 0 Å². The number of allylic oxidation sites excluding steroid dienone is 1. The number of para-hydroxylation sites is 1. The van der Waals surface area contributed by atoms with Crippen LogP contribution in [0.1, 0.15) is 24.1 Å². The van der Waals surface area contributed by atoms with E-state index in [4.69, 9.17) is 0 Å². The summed E-state index contributed by atoms with van der Waals surface area (Å²) in [7, 11) is 0. The van der Waals surface area contributed by atoms with E-state index >= 15 is 0 Å². The highest BCUT2D eigenvalue weighted by Crippen LogP contribution is 2.54. The van der Waals surface area contributed by atoms with Crippen molar-refractivity contribution >= 4 is 17.5 Å². The van der Waals surface area contributed by atoms with Gasteiger partial charge in [0.15, 0.2) is 5.82 Å². The highest BCUT2D eigenvalue weighted by atomic mass is 19.1. The number of aromatic amines is 1. The van der Waals surface area contributed by atoms with Gasteiger partial charge in [-0.3, -0.25) is 4.98 Å². The van der Waals surface area contributed by atoms with Crippen molar-refractivity contribution in [2.75, 3.05) is 5.32 Å². The molecule has 2 aliphatic carbocycles. The summed E-state index contributed by atoms with van der Waals surface area (Å²) in [6.07, 6.45) is 10.9. The second kappa shape index (κ2) is 5.31. The molecule has 5 rings (SSSR count). The summed E-state index contributed by atoms with van der Waals surface area (Å²) in [5, 5.41) is 3.48. The number of nitrogens with zero attached hydrogens (tertiary/aromatic N) is 1. The zero-order valence-electron chi connectivity index (χ0n) is 13.7. The van der Waals surface area contributed by atoms with Crippen molar-refractivity contribution in [3.05, 3.63) is 71.9 Å². The predicted molar refractivity (Wildman–Crippen MR) is 98.1 cm³/mol. The Labute approximate surface area is 145 Å². The van der Waals surface area contributed by atoms with Crippen LogP contribution >= 0.6 is 0 Å². The third kappa shape index (κ3) is 2.45. The average molecular weight is 331 g/mol. The van der Waals surface area contributed by atoms with Gasteiger partial charge in [-0.05, 0) is 42.9 Å². The maximum absolute atomic E-state index is 14.4. The Morgan fingerprint density at radius 3 is 2.72 bits per heavy atom. The van der Waals surface area contributed by atoms with Crippen molar-refractivity contribution in [1.82, 2.24) is 9.97 Å². The summed E-state index contributed by atoms with van der Waals surface area (Å²) in [6, 6.07) is 11.7. The molecule has 0 atom stereocenters. The molecule has 0 unspecified atom stereocenters. The molecule has 1 aromatic carbocycles. The van der Waals surface area contributed by atoms with Gasteiger partial charge in [-0.25, -0.2) is 4.39 Å². The number of nitrogens with one attached hydrogen (secondary N) is 2. The van der Waals surface area contributed by atoms with Crippen molar-refractivity contribution in [2.45, 2.75) is 19.3 Å². The Kier molecular flexibility index (Phi) is 3.07. The van der Waals surface area contributed by atoms with Crippen LogP contribution in [0.4, 0.5) is 15.8 Å². The molecule has 1 spiro atoms. The maximum Gasteiger partial charge on any atom is 0.150 e. The maximum atomic E-state index is 14.4. The lowest BCUT2D eigenvalue weighted by atomic mass is 9.91. The highest BCUT2D eigenvalue weighted by Gasteiger charge is 2.43. The van der Waals surface area contributed by atoms with Gasteiger partial charge in [0.1, 0.15) is 0 Å². The first-order valence-corrected chi connectivity index (χ1v) is 8.60. The van der Waals surface area contributed by atoms with Gasteiger partial charge < -0.3 is 10.3 Å². The van der Waals surface area contributed by atoms with Crippen LogP contribution in [-0.4, -0.2) is 9.97 Å². The number of pyridine rings is 1. The molecule has 2 aromatic heterocycles. The van der Waals surface area contributed by atoms with Gasteiger partial charge in [0.2, 0.25) is 0 Å². The van der Waals surface area contributed by atoms with E-state index in [2.05, 4.69) is 27.4 Å². The van der Waals surface area contributed by atoms with E-state index in [0.29, 0.717) is 11.0 Å². The number of halogens is 1. The number of hydrogen-bond acceptors (Lipinski definition) is 2. The van der Waals surface area contributed by atoms with Crippen molar-refractivity contribution < 1.29 is 4.39 Å². The predicted octanol–water partition coefficient (Wildman–Crippen LogP) is 5.31. The molecule has 0 radical (unpaired) electrons. The van der Waals surface area contributed by atoms with Crippen molar-refractivity contribution in [1.29, 1.82) is 0 Å². The SMILES string of the molecule is Fc1cnccc1-c1[nH]c2c(c1Nc1ccccc1)C=CC1(CC1)C2. The lowest BCUT2D eigenvalue weighted by Crippen LogP contribution is -2.07. The van der Waals surface area contributed by atoms with Crippen LogP contribution in [0.5, 0.6) is 0 Å². The number of rotatable bonds is 3. The molecule has 3 aromatic rings. The molecule has 1 fully saturated rings. The minimum absolute atomic E-state index is 0.317. The molecule has 2 N–H and O–H groups in total. The fourth-order valence-electron chi connectivity index (χ4n) is 3.64. The lowest BCUT2D eigenvalue weighted by molar-refractivity contribution is 0.623. The van der Waals surface area contributed by atoms with Crippen molar-refractivity contribution in [3.63, 3.8) is 0 Å². The number of anilines is 2. The Bertz CT molecular complexity index is 968. The van der Waals surface area contributed by atoms with Crippen LogP contribution in [0.15, 0.2) is 54.9 Å². The molecule has 0 saturated heterocycles. The molecule has 2 aliphatic rings. The van der Waals surface area contributed by atoms with Crippen LogP contribution in [0.25, 0.3) is 17.3 Å². The standard InChI is InChI=1S/C21H18FN3/c22-17-13-23-11-7-15(17)19-20(24-14-4-2-1-3-5-14)16-6-8-21(9-10-21)12-18(16)25-19/h1-8,11,13,24-25H,9-10,12H2. The molecule has 0 aliphatic heterocycles. The number of H-pyrrole nitrogens is 1. The van der Waals surface area contributed by atoms with Gasteiger partial charge in [0.25, 0.3) is 0 Å². The van der Waals surface area contributed by atoms with Gasteiger partial charge >= 0.3 is 0 Å². The zero-order chi connectivity index (χ0) is 16.9. The monoisotopic (exact) mass is 331 g/mol. The Balaban J connectivity index is 1.66. The smallest absolute Gasteiger partial charge is 0.150 e. The zero-order valence-corrected chi connectivity index (χ0v) is 13.7. The first kappa shape index (κ1) is 14.5. The molecule has 124 valence electrons. The number of aromatic nitrogens is 2. The van der Waals surface area contributed by atoms with Crippen molar-refractivity contribution in [3.8, 4) is 11.3 Å². The first-order valence-electron chi connectivity index (χ1n) is 8.60. The molecule has 0 amide bonds. The van der Waals surface area contributed by atoms with E-state index in [-0.39, 0.29) is 5.82 Å². The number of fused-ring (bicyclic) bond motifs is 1. The summed E-state index contributed by atoms with van der Waals surface area (Å²) in [5.41, 5.74) is 5.89. The van der Waals surface area contributed by atoms with Crippen LogP contribution in [0.3, 0.4) is 0 Å². The largest absolute Gasteiger partial charge is 0.356 e. The number of hydrogen-bond donors (Lipinski definition) is 2. The minimum atomic E-state index is -0.317. The molecule has 2 heterocycles. The topological polar surface area (TPSA) is 40.7 Å². The van der Waals surface area contributed by atoms with Gasteiger partial charge in [0.05, 0.1) is 17.6 Å². The fourth-order valence-corrected chi connectivity index (χ4v) is 3.64. The normalized spacial score (nSPS) is 16.7. The van der Waals surface area contributed by atoms with Gasteiger partial charge in [0, 0.05) is 28.7 Å². The molecule has 0 bridgehead atoms. The quantitative estimate of drug-likeness (QED) is 0.683. The van der Waals surface area contributed by atoms with Crippen LogP contribution in [-0.2, 0) is 6.42 Å². The van der Waals surface area contributed by atoms with Gasteiger partial charge in [-0.15, -0.1) is 0 Å².